The van der Waals surface area contributed by atoms with Crippen molar-refractivity contribution >= 4 is 19.7 Å². The molecule has 0 aromatic carbocycles. The maximum atomic E-state index is 13.0. The van der Waals surface area contributed by atoms with Gasteiger partial charge in [-0.15, -0.1) is 0 Å². The third-order valence-electron chi connectivity index (χ3n) is 1.64. The molecule has 1 heterocycles. The summed E-state index contributed by atoms with van der Waals surface area (Å²) in [5.41, 5.74) is -1.18. The zero-order valence-corrected chi connectivity index (χ0v) is 9.32. The van der Waals surface area contributed by atoms with Crippen LogP contribution in [0.3, 0.4) is 0 Å². The largest absolute Gasteiger partial charge is 0.493 e. The van der Waals surface area contributed by atoms with Gasteiger partial charge in [0, 0.05) is 10.7 Å². The maximum Gasteiger partial charge on any atom is 0.282 e. The summed E-state index contributed by atoms with van der Waals surface area (Å²) in [6, 6.07) is 0. The zero-order chi connectivity index (χ0) is 12.5. The normalized spacial score (nSPS) is 11.9. The monoisotopic (exact) mass is 275 g/mol. The van der Waals surface area contributed by atoms with Crippen LogP contribution in [0.2, 0.25) is 0 Å². The van der Waals surface area contributed by atoms with Crippen molar-refractivity contribution in [3.05, 3.63) is 17.6 Å². The van der Waals surface area contributed by atoms with Crippen molar-refractivity contribution in [1.82, 2.24) is 4.98 Å². The summed E-state index contributed by atoms with van der Waals surface area (Å²) in [5, 5.41) is -0.937. The molecule has 0 unspecified atom stereocenters. The predicted octanol–water partition coefficient (Wildman–Crippen LogP) is 2.09. The van der Waals surface area contributed by atoms with E-state index >= 15 is 0 Å². The van der Waals surface area contributed by atoms with E-state index in [9.17, 15) is 21.6 Å². The van der Waals surface area contributed by atoms with Crippen LogP contribution in [0.15, 0.2) is 11.2 Å². The number of halogens is 4. The highest BCUT2D eigenvalue weighted by Gasteiger charge is 2.28. The van der Waals surface area contributed by atoms with Gasteiger partial charge in [0.1, 0.15) is 5.56 Å². The maximum absolute atomic E-state index is 13.0. The lowest BCUT2D eigenvalue weighted by Gasteiger charge is -2.10. The first-order valence-corrected chi connectivity index (χ1v) is 6.05. The molecular weight excluding hydrogens is 271 g/mol. The minimum Gasteiger partial charge on any atom is -0.493 e. The molecule has 90 valence electrons. The van der Waals surface area contributed by atoms with Gasteiger partial charge in [0.15, 0.2) is 11.6 Å². The van der Waals surface area contributed by atoms with Crippen LogP contribution < -0.4 is 4.74 Å². The number of aromatic nitrogens is 1. The quantitative estimate of drug-likeness (QED) is 0.793. The second-order valence-corrected chi connectivity index (χ2v) is 5.08. The van der Waals surface area contributed by atoms with E-state index in [2.05, 4.69) is 9.72 Å². The Labute approximate surface area is 93.4 Å². The first-order valence-electron chi connectivity index (χ1n) is 3.74. The van der Waals surface area contributed by atoms with Crippen LogP contribution in [0.5, 0.6) is 5.75 Å². The molecule has 0 aliphatic carbocycles. The fraction of sp³-hybridized carbons (Fsp3) is 0.286. The molecule has 9 heteroatoms. The molecule has 1 aromatic rings. The van der Waals surface area contributed by atoms with Gasteiger partial charge in [-0.25, -0.2) is 26.6 Å². The first-order chi connectivity index (χ1) is 7.29. The van der Waals surface area contributed by atoms with Crippen molar-refractivity contribution in [2.24, 2.45) is 0 Å². The molecule has 0 N–H and O–H groups in total. The molecule has 0 amide bonds. The predicted molar refractivity (Wildman–Crippen MR) is 48.7 cm³/mol. The molecule has 0 spiro atoms. The van der Waals surface area contributed by atoms with Crippen LogP contribution in [0, 0.1) is 5.82 Å². The van der Waals surface area contributed by atoms with Gasteiger partial charge in [-0.3, -0.25) is 0 Å². The van der Waals surface area contributed by atoms with Crippen LogP contribution in [0.1, 0.15) is 12.0 Å². The Morgan fingerprint density at radius 1 is 1.50 bits per heavy atom. The Morgan fingerprint density at radius 3 is 2.44 bits per heavy atom. The van der Waals surface area contributed by atoms with Gasteiger partial charge in [0.25, 0.3) is 15.5 Å². The van der Waals surface area contributed by atoms with Crippen molar-refractivity contribution < 1.29 is 26.3 Å². The Bertz CT molecular complexity index is 506. The molecule has 0 atom stereocenters. The highest BCUT2D eigenvalue weighted by molar-refractivity contribution is 8.13. The average molecular weight is 276 g/mol. The summed E-state index contributed by atoms with van der Waals surface area (Å²) in [6.45, 7) is 0. The van der Waals surface area contributed by atoms with E-state index in [0.29, 0.717) is 6.20 Å². The Hall–Kier alpha value is -1.02. The SMILES string of the molecule is COc1c(S(=O)(=O)Cl)ncc(F)c1C(F)F. The second-order valence-electron chi connectivity index (χ2n) is 2.60. The molecular formula is C7H5ClF3NO3S. The Kier molecular flexibility index (Phi) is 3.64. The highest BCUT2D eigenvalue weighted by atomic mass is 35.7. The molecule has 0 bridgehead atoms. The second kappa shape index (κ2) is 4.46. The molecule has 1 aromatic heterocycles. The van der Waals surface area contributed by atoms with Crippen LogP contribution in [-0.4, -0.2) is 20.5 Å². The summed E-state index contributed by atoms with van der Waals surface area (Å²) in [4.78, 5) is 3.11. The average Bonchev–Trinajstić information content (AvgIpc) is 2.14. The van der Waals surface area contributed by atoms with Gasteiger partial charge < -0.3 is 4.74 Å². The minimum atomic E-state index is -4.38. The lowest BCUT2D eigenvalue weighted by atomic mass is 10.2. The van der Waals surface area contributed by atoms with Gasteiger partial charge in [0.05, 0.1) is 13.3 Å². The van der Waals surface area contributed by atoms with Crippen LogP contribution >= 0.6 is 10.7 Å². The smallest absolute Gasteiger partial charge is 0.282 e. The molecule has 0 aliphatic rings. The van der Waals surface area contributed by atoms with Gasteiger partial charge >= 0.3 is 0 Å². The molecule has 0 aliphatic heterocycles. The van der Waals surface area contributed by atoms with Crippen molar-refractivity contribution in [1.29, 1.82) is 0 Å². The standard InChI is InChI=1S/C7H5ClF3NO3S/c1-15-5-4(6(10)11)3(9)2-12-7(5)16(8,13)14/h2,6H,1H3. The fourth-order valence-corrected chi connectivity index (χ4v) is 1.96. The summed E-state index contributed by atoms with van der Waals surface area (Å²) in [7, 11) is 1.46. The van der Waals surface area contributed by atoms with Crippen molar-refractivity contribution in [3.8, 4) is 5.75 Å². The first kappa shape index (κ1) is 13.0. The zero-order valence-electron chi connectivity index (χ0n) is 7.75. The molecule has 0 fully saturated rings. The summed E-state index contributed by atoms with van der Waals surface area (Å²) >= 11 is 0. The van der Waals surface area contributed by atoms with Gasteiger partial charge in [-0.2, -0.15) is 0 Å². The number of alkyl halides is 2. The van der Waals surface area contributed by atoms with Crippen molar-refractivity contribution in [3.63, 3.8) is 0 Å². The van der Waals surface area contributed by atoms with E-state index in [4.69, 9.17) is 10.7 Å². The fourth-order valence-electron chi connectivity index (χ4n) is 1.04. The number of hydrogen-bond donors (Lipinski definition) is 0. The molecule has 0 saturated carbocycles. The molecule has 4 nitrogen and oxygen atoms in total. The summed E-state index contributed by atoms with van der Waals surface area (Å²) in [5.74, 6) is -2.25. The molecule has 0 saturated heterocycles. The molecule has 1 rings (SSSR count). The van der Waals surface area contributed by atoms with E-state index in [-0.39, 0.29) is 0 Å². The number of methoxy groups -OCH3 is 1. The third-order valence-corrected chi connectivity index (χ3v) is 2.84. The van der Waals surface area contributed by atoms with Crippen molar-refractivity contribution in [2.75, 3.05) is 7.11 Å². The van der Waals surface area contributed by atoms with E-state index < -0.39 is 37.6 Å². The topological polar surface area (TPSA) is 56.3 Å². The Balaban J connectivity index is 3.62. The Morgan fingerprint density at radius 2 is 2.06 bits per heavy atom. The van der Waals surface area contributed by atoms with E-state index in [1.54, 1.807) is 0 Å². The molecule has 0 radical (unpaired) electrons. The summed E-state index contributed by atoms with van der Waals surface area (Å²) in [6.07, 6.45) is -2.89. The molecule has 16 heavy (non-hydrogen) atoms. The highest BCUT2D eigenvalue weighted by Crippen LogP contribution is 2.36. The van der Waals surface area contributed by atoms with Gasteiger partial charge in [-0.1, -0.05) is 0 Å². The van der Waals surface area contributed by atoms with E-state index in [0.717, 1.165) is 7.11 Å². The van der Waals surface area contributed by atoms with Crippen LogP contribution in [-0.2, 0) is 9.05 Å². The van der Waals surface area contributed by atoms with Gasteiger partial charge in [-0.05, 0) is 0 Å². The van der Waals surface area contributed by atoms with E-state index in [1.165, 1.54) is 0 Å². The minimum absolute atomic E-state index is 0.347. The third kappa shape index (κ3) is 2.38. The summed E-state index contributed by atoms with van der Waals surface area (Å²) < 4.78 is 64.2. The van der Waals surface area contributed by atoms with Crippen LogP contribution in [0.4, 0.5) is 13.2 Å². The lowest BCUT2D eigenvalue weighted by molar-refractivity contribution is 0.140. The lowest BCUT2D eigenvalue weighted by Crippen LogP contribution is -2.06. The van der Waals surface area contributed by atoms with Gasteiger partial charge in [0.2, 0.25) is 5.03 Å². The van der Waals surface area contributed by atoms with E-state index in [1.807, 2.05) is 0 Å². The number of rotatable bonds is 3. The number of hydrogen-bond acceptors (Lipinski definition) is 4. The number of ether oxygens (including phenoxy) is 1. The van der Waals surface area contributed by atoms with Crippen molar-refractivity contribution in [2.45, 2.75) is 11.5 Å². The number of pyridine rings is 1. The van der Waals surface area contributed by atoms with Crippen LogP contribution in [0.25, 0.3) is 0 Å². The number of nitrogens with zero attached hydrogens (tertiary/aromatic N) is 1.